The maximum absolute atomic E-state index is 12.9. The summed E-state index contributed by atoms with van der Waals surface area (Å²) in [7, 11) is 0. The molecule has 7 heteroatoms. The molecule has 2 aromatic rings. The predicted octanol–water partition coefficient (Wildman–Crippen LogP) is 4.80. The Kier molecular flexibility index (Phi) is 5.56. The number of halogens is 1. The second kappa shape index (κ2) is 7.95. The van der Waals surface area contributed by atoms with Crippen LogP contribution in [0.1, 0.15) is 44.9 Å². The number of rotatable bonds is 7. The number of aromatic nitrogens is 1. The summed E-state index contributed by atoms with van der Waals surface area (Å²) in [6, 6.07) is 5.39. The summed E-state index contributed by atoms with van der Waals surface area (Å²) in [6.07, 6.45) is 9.86. The van der Waals surface area contributed by atoms with E-state index < -0.39 is 6.04 Å². The summed E-state index contributed by atoms with van der Waals surface area (Å²) in [6.45, 7) is 0.594. The van der Waals surface area contributed by atoms with E-state index in [0.717, 1.165) is 27.0 Å². The molecule has 1 heterocycles. The average Bonchev–Trinajstić information content (AvgIpc) is 3.05. The van der Waals surface area contributed by atoms with Gasteiger partial charge in [0.25, 0.3) is 0 Å². The molecule has 3 aliphatic rings. The van der Waals surface area contributed by atoms with Gasteiger partial charge in [-0.15, -0.1) is 0 Å². The fourth-order valence-electron chi connectivity index (χ4n) is 5.07. The van der Waals surface area contributed by atoms with Crippen LogP contribution in [-0.2, 0) is 11.3 Å². The second-order valence-electron chi connectivity index (χ2n) is 8.53. The SMILES string of the molecule is NCC(Cn1cc(NC(=O)CC23CCC(CC2)CC3)c2c(Br)cccc21)N=O. The maximum atomic E-state index is 12.9. The smallest absolute Gasteiger partial charge is 0.224 e. The van der Waals surface area contributed by atoms with Crippen LogP contribution < -0.4 is 11.1 Å². The Labute approximate surface area is 173 Å². The molecule has 150 valence electrons. The first kappa shape index (κ1) is 19.6. The van der Waals surface area contributed by atoms with Crippen LogP contribution in [0.4, 0.5) is 5.69 Å². The molecule has 2 bridgehead atoms. The van der Waals surface area contributed by atoms with E-state index in [2.05, 4.69) is 26.4 Å². The molecular weight excluding hydrogens is 420 g/mol. The lowest BCUT2D eigenvalue weighted by molar-refractivity contribution is -0.120. The van der Waals surface area contributed by atoms with Crippen molar-refractivity contribution in [3.63, 3.8) is 0 Å². The van der Waals surface area contributed by atoms with Gasteiger partial charge in [0.1, 0.15) is 6.04 Å². The van der Waals surface area contributed by atoms with Gasteiger partial charge in [0, 0.05) is 35.6 Å². The summed E-state index contributed by atoms with van der Waals surface area (Å²) in [4.78, 5) is 23.9. The molecule has 3 N–H and O–H groups in total. The summed E-state index contributed by atoms with van der Waals surface area (Å²) < 4.78 is 2.87. The minimum atomic E-state index is -0.491. The van der Waals surface area contributed by atoms with Crippen molar-refractivity contribution < 1.29 is 4.79 Å². The number of hydrogen-bond acceptors (Lipinski definition) is 4. The second-order valence-corrected chi connectivity index (χ2v) is 9.39. The number of anilines is 1. The minimum absolute atomic E-state index is 0.0824. The third-order valence-corrected chi connectivity index (χ3v) is 7.40. The Morgan fingerprint density at radius 3 is 2.68 bits per heavy atom. The molecule has 0 aliphatic heterocycles. The van der Waals surface area contributed by atoms with Crippen molar-refractivity contribution in [2.75, 3.05) is 11.9 Å². The largest absolute Gasteiger partial charge is 0.343 e. The monoisotopic (exact) mass is 446 g/mol. The molecule has 1 atom stereocenters. The number of carbonyl (C=O) groups excluding carboxylic acids is 1. The van der Waals surface area contributed by atoms with Crippen molar-refractivity contribution in [2.45, 2.75) is 57.5 Å². The fraction of sp³-hybridized carbons (Fsp3) is 0.571. The quantitative estimate of drug-likeness (QED) is 0.598. The van der Waals surface area contributed by atoms with Gasteiger partial charge >= 0.3 is 0 Å². The zero-order chi connectivity index (χ0) is 19.7. The van der Waals surface area contributed by atoms with Crippen molar-refractivity contribution in [1.29, 1.82) is 0 Å². The average molecular weight is 447 g/mol. The first-order valence-corrected chi connectivity index (χ1v) is 10.9. The van der Waals surface area contributed by atoms with Crippen molar-refractivity contribution in [2.24, 2.45) is 22.2 Å². The summed E-state index contributed by atoms with van der Waals surface area (Å²) in [5.74, 6) is 0.972. The van der Waals surface area contributed by atoms with Gasteiger partial charge in [-0.2, -0.15) is 4.91 Å². The van der Waals surface area contributed by atoms with E-state index in [1.807, 2.05) is 29.0 Å². The molecular formula is C21H27BrN4O2. The van der Waals surface area contributed by atoms with Crippen molar-refractivity contribution in [3.05, 3.63) is 33.8 Å². The minimum Gasteiger partial charge on any atom is -0.343 e. The van der Waals surface area contributed by atoms with E-state index in [1.54, 1.807) is 0 Å². The van der Waals surface area contributed by atoms with E-state index in [4.69, 9.17) is 5.73 Å². The number of carbonyl (C=O) groups is 1. The van der Waals surface area contributed by atoms with Crippen LogP contribution in [0.3, 0.4) is 0 Å². The maximum Gasteiger partial charge on any atom is 0.224 e. The Balaban J connectivity index is 1.57. The zero-order valence-electron chi connectivity index (χ0n) is 16.0. The number of nitrogens with zero attached hydrogens (tertiary/aromatic N) is 2. The topological polar surface area (TPSA) is 89.5 Å². The lowest BCUT2D eigenvalue weighted by atomic mass is 9.59. The van der Waals surface area contributed by atoms with Crippen LogP contribution in [0, 0.1) is 16.2 Å². The molecule has 5 rings (SSSR count). The Bertz CT molecular complexity index is 872. The molecule has 0 spiro atoms. The highest BCUT2D eigenvalue weighted by molar-refractivity contribution is 9.10. The lowest BCUT2D eigenvalue weighted by Gasteiger charge is -2.46. The lowest BCUT2D eigenvalue weighted by Crippen LogP contribution is -2.37. The van der Waals surface area contributed by atoms with Gasteiger partial charge < -0.3 is 15.6 Å². The highest BCUT2D eigenvalue weighted by Crippen LogP contribution is 2.52. The van der Waals surface area contributed by atoms with Gasteiger partial charge in [-0.3, -0.25) is 4.79 Å². The van der Waals surface area contributed by atoms with Crippen LogP contribution in [0.2, 0.25) is 0 Å². The number of hydrogen-bond donors (Lipinski definition) is 2. The van der Waals surface area contributed by atoms with E-state index in [1.165, 1.54) is 38.5 Å². The van der Waals surface area contributed by atoms with Gasteiger partial charge in [-0.25, -0.2) is 0 Å². The molecule has 1 amide bonds. The standard InChI is InChI=1S/C21H27BrN4O2/c22-16-2-1-3-18-20(16)17(13-26(18)12-15(11-23)25-28)24-19(27)10-21-7-4-14(5-8-21)6-9-21/h1-3,13-15H,4-12,23H2,(H,24,27). The van der Waals surface area contributed by atoms with Crippen LogP contribution in [0.15, 0.2) is 34.0 Å². The van der Waals surface area contributed by atoms with Crippen LogP contribution in [0.5, 0.6) is 0 Å². The number of nitroso groups, excluding NO2 is 1. The molecule has 3 saturated carbocycles. The molecule has 0 radical (unpaired) electrons. The predicted molar refractivity (Wildman–Crippen MR) is 115 cm³/mol. The van der Waals surface area contributed by atoms with Gasteiger partial charge in [0.2, 0.25) is 5.91 Å². The van der Waals surface area contributed by atoms with E-state index >= 15 is 0 Å². The van der Waals surface area contributed by atoms with Crippen molar-refractivity contribution in [3.8, 4) is 0 Å². The Hall–Kier alpha value is -1.73. The Morgan fingerprint density at radius 2 is 2.04 bits per heavy atom. The summed E-state index contributed by atoms with van der Waals surface area (Å²) >= 11 is 3.61. The molecule has 1 unspecified atom stereocenters. The van der Waals surface area contributed by atoms with Crippen LogP contribution in [-0.4, -0.2) is 23.1 Å². The number of benzene rings is 1. The normalized spacial score (nSPS) is 25.0. The zero-order valence-corrected chi connectivity index (χ0v) is 17.6. The number of amides is 1. The molecule has 3 aliphatic carbocycles. The molecule has 3 fully saturated rings. The van der Waals surface area contributed by atoms with E-state index in [0.29, 0.717) is 13.0 Å². The highest BCUT2D eigenvalue weighted by Gasteiger charge is 2.41. The van der Waals surface area contributed by atoms with Crippen molar-refractivity contribution >= 4 is 38.4 Å². The first-order valence-electron chi connectivity index (χ1n) is 10.1. The number of fused-ring (bicyclic) bond motifs is 4. The van der Waals surface area contributed by atoms with E-state index in [-0.39, 0.29) is 17.9 Å². The van der Waals surface area contributed by atoms with Crippen LogP contribution in [0.25, 0.3) is 10.9 Å². The first-order chi connectivity index (χ1) is 13.5. The Morgan fingerprint density at radius 1 is 1.32 bits per heavy atom. The van der Waals surface area contributed by atoms with Gasteiger partial charge in [0.05, 0.1) is 11.2 Å². The summed E-state index contributed by atoms with van der Waals surface area (Å²) in [5, 5.41) is 7.20. The molecule has 1 aromatic carbocycles. The van der Waals surface area contributed by atoms with Crippen LogP contribution >= 0.6 is 15.9 Å². The molecule has 28 heavy (non-hydrogen) atoms. The van der Waals surface area contributed by atoms with Gasteiger partial charge in [0.15, 0.2) is 0 Å². The number of nitrogens with two attached hydrogens (primary N) is 1. The molecule has 1 aromatic heterocycles. The fourth-order valence-corrected chi connectivity index (χ4v) is 5.64. The van der Waals surface area contributed by atoms with Gasteiger partial charge in [-0.05, 0) is 62.0 Å². The molecule has 0 saturated heterocycles. The number of nitrogens with one attached hydrogen (secondary N) is 1. The van der Waals surface area contributed by atoms with Crippen molar-refractivity contribution in [1.82, 2.24) is 4.57 Å². The third kappa shape index (κ3) is 3.74. The summed E-state index contributed by atoms with van der Waals surface area (Å²) in [5.41, 5.74) is 7.56. The van der Waals surface area contributed by atoms with Gasteiger partial charge in [-0.1, -0.05) is 27.2 Å². The van der Waals surface area contributed by atoms with E-state index in [9.17, 15) is 9.70 Å². The highest BCUT2D eigenvalue weighted by atomic mass is 79.9. The third-order valence-electron chi connectivity index (χ3n) is 6.74. The molecule has 6 nitrogen and oxygen atoms in total.